The van der Waals surface area contributed by atoms with Crippen molar-refractivity contribution in [2.75, 3.05) is 25.0 Å². The molecule has 3 nitrogen and oxygen atoms in total. The Bertz CT molecular complexity index is 392. The predicted molar refractivity (Wildman–Crippen MR) is 72.0 cm³/mol. The third kappa shape index (κ3) is 3.26. The van der Waals surface area contributed by atoms with Crippen LogP contribution in [0.15, 0.2) is 18.2 Å². The molecule has 1 aromatic rings. The third-order valence-corrected chi connectivity index (χ3v) is 3.91. The van der Waals surface area contributed by atoms with Crippen LogP contribution in [0.5, 0.6) is 0 Å². The van der Waals surface area contributed by atoms with E-state index in [1.807, 2.05) is 12.1 Å². The highest BCUT2D eigenvalue weighted by Gasteiger charge is 2.28. The van der Waals surface area contributed by atoms with Crippen molar-refractivity contribution in [1.29, 1.82) is 0 Å². The lowest BCUT2D eigenvalue weighted by molar-refractivity contribution is 0.0232. The van der Waals surface area contributed by atoms with Gasteiger partial charge in [0.2, 0.25) is 0 Å². The molecule has 1 aliphatic heterocycles. The Morgan fingerprint density at radius 3 is 2.71 bits per heavy atom. The number of hydrogen-bond donors (Lipinski definition) is 3. The number of piperidine rings is 1. The molecule has 1 fully saturated rings. The molecule has 1 aromatic carbocycles. The number of nitrogens with one attached hydrogen (secondary N) is 2. The highest BCUT2D eigenvalue weighted by Crippen LogP contribution is 2.30. The van der Waals surface area contributed by atoms with Crippen molar-refractivity contribution >= 4 is 28.9 Å². The van der Waals surface area contributed by atoms with E-state index >= 15 is 0 Å². The van der Waals surface area contributed by atoms with Gasteiger partial charge < -0.3 is 15.7 Å². The lowest BCUT2D eigenvalue weighted by Crippen LogP contribution is -2.46. The van der Waals surface area contributed by atoms with Crippen LogP contribution in [0.1, 0.15) is 12.8 Å². The number of rotatable bonds is 3. The van der Waals surface area contributed by atoms with Gasteiger partial charge in [-0.3, -0.25) is 0 Å². The molecule has 3 N–H and O–H groups in total. The first-order valence-corrected chi connectivity index (χ1v) is 6.47. The van der Waals surface area contributed by atoms with Gasteiger partial charge in [0.25, 0.3) is 0 Å². The largest absolute Gasteiger partial charge is 0.388 e. The van der Waals surface area contributed by atoms with Crippen LogP contribution in [0.2, 0.25) is 10.0 Å². The van der Waals surface area contributed by atoms with E-state index in [9.17, 15) is 5.11 Å². The van der Waals surface area contributed by atoms with Crippen molar-refractivity contribution in [1.82, 2.24) is 5.32 Å². The van der Waals surface area contributed by atoms with Crippen LogP contribution in [0, 0.1) is 0 Å². The van der Waals surface area contributed by atoms with Crippen molar-refractivity contribution in [2.24, 2.45) is 0 Å². The van der Waals surface area contributed by atoms with E-state index < -0.39 is 5.60 Å². The van der Waals surface area contributed by atoms with E-state index in [0.29, 0.717) is 16.6 Å². The molecule has 0 unspecified atom stereocenters. The van der Waals surface area contributed by atoms with Gasteiger partial charge in [0, 0.05) is 6.54 Å². The van der Waals surface area contributed by atoms with E-state index in [1.165, 1.54) is 0 Å². The molecule has 94 valence electrons. The molecule has 2 rings (SSSR count). The number of aliphatic hydroxyl groups is 1. The standard InChI is InChI=1S/C12H16Cl2N2O/c13-9-2-1-3-10(11(9)14)16-8-12(17)4-6-15-7-5-12/h1-3,15-17H,4-8H2. The van der Waals surface area contributed by atoms with Gasteiger partial charge in [0.15, 0.2) is 0 Å². The summed E-state index contributed by atoms with van der Waals surface area (Å²) < 4.78 is 0. The lowest BCUT2D eigenvalue weighted by Gasteiger charge is -2.33. The molecule has 17 heavy (non-hydrogen) atoms. The summed E-state index contributed by atoms with van der Waals surface area (Å²) in [5.41, 5.74) is 0.114. The number of halogens is 2. The van der Waals surface area contributed by atoms with E-state index in [0.717, 1.165) is 31.6 Å². The summed E-state index contributed by atoms with van der Waals surface area (Å²) in [5.74, 6) is 0. The quantitative estimate of drug-likeness (QED) is 0.794. The fraction of sp³-hybridized carbons (Fsp3) is 0.500. The van der Waals surface area contributed by atoms with Gasteiger partial charge in [-0.2, -0.15) is 0 Å². The molecular formula is C12H16Cl2N2O. The van der Waals surface area contributed by atoms with Gasteiger partial charge in [-0.05, 0) is 38.1 Å². The molecule has 0 saturated carbocycles. The second-order valence-electron chi connectivity index (χ2n) is 4.43. The molecule has 1 aliphatic rings. The Morgan fingerprint density at radius 2 is 2.00 bits per heavy atom. The zero-order valence-electron chi connectivity index (χ0n) is 9.47. The second-order valence-corrected chi connectivity index (χ2v) is 5.21. The molecule has 0 aliphatic carbocycles. The van der Waals surface area contributed by atoms with Gasteiger partial charge in [-0.25, -0.2) is 0 Å². The Morgan fingerprint density at radius 1 is 1.29 bits per heavy atom. The van der Waals surface area contributed by atoms with Crippen molar-refractivity contribution in [2.45, 2.75) is 18.4 Å². The van der Waals surface area contributed by atoms with Crippen LogP contribution < -0.4 is 10.6 Å². The Balaban J connectivity index is 1.99. The molecule has 1 saturated heterocycles. The average Bonchev–Trinajstić information content (AvgIpc) is 2.32. The summed E-state index contributed by atoms with van der Waals surface area (Å²) >= 11 is 12.0. The first-order chi connectivity index (χ1) is 8.11. The maximum absolute atomic E-state index is 10.3. The van der Waals surface area contributed by atoms with Crippen molar-refractivity contribution in [3.05, 3.63) is 28.2 Å². The molecule has 0 spiro atoms. The topological polar surface area (TPSA) is 44.3 Å². The average molecular weight is 275 g/mol. The molecule has 0 radical (unpaired) electrons. The zero-order chi connectivity index (χ0) is 12.3. The minimum atomic E-state index is -0.656. The van der Waals surface area contributed by atoms with Crippen LogP contribution >= 0.6 is 23.2 Å². The van der Waals surface area contributed by atoms with Crippen LogP contribution in [-0.2, 0) is 0 Å². The third-order valence-electron chi connectivity index (χ3n) is 3.09. The highest BCUT2D eigenvalue weighted by atomic mass is 35.5. The highest BCUT2D eigenvalue weighted by molar-refractivity contribution is 6.43. The molecule has 1 heterocycles. The minimum absolute atomic E-state index is 0.495. The van der Waals surface area contributed by atoms with Gasteiger partial charge in [-0.15, -0.1) is 0 Å². The maximum Gasteiger partial charge on any atom is 0.0843 e. The predicted octanol–water partition coefficient (Wildman–Crippen LogP) is 2.52. The monoisotopic (exact) mass is 274 g/mol. The summed E-state index contributed by atoms with van der Waals surface area (Å²) in [5, 5.41) is 17.7. The van der Waals surface area contributed by atoms with Crippen molar-refractivity contribution in [3.8, 4) is 0 Å². The smallest absolute Gasteiger partial charge is 0.0843 e. The lowest BCUT2D eigenvalue weighted by atomic mass is 9.92. The molecule has 0 aromatic heterocycles. The SMILES string of the molecule is OC1(CNc2cccc(Cl)c2Cl)CCNCC1. The number of benzene rings is 1. The first-order valence-electron chi connectivity index (χ1n) is 5.72. The maximum atomic E-state index is 10.3. The number of anilines is 1. The second kappa shape index (κ2) is 5.44. The summed E-state index contributed by atoms with van der Waals surface area (Å²) in [6.45, 7) is 2.19. The minimum Gasteiger partial charge on any atom is -0.388 e. The van der Waals surface area contributed by atoms with E-state index in [1.54, 1.807) is 6.07 Å². The van der Waals surface area contributed by atoms with E-state index in [-0.39, 0.29) is 0 Å². The van der Waals surface area contributed by atoms with E-state index in [2.05, 4.69) is 10.6 Å². The Labute approximate surface area is 111 Å². The fourth-order valence-electron chi connectivity index (χ4n) is 1.97. The van der Waals surface area contributed by atoms with Crippen LogP contribution in [0.4, 0.5) is 5.69 Å². The van der Waals surface area contributed by atoms with E-state index in [4.69, 9.17) is 23.2 Å². The van der Waals surface area contributed by atoms with Crippen molar-refractivity contribution < 1.29 is 5.11 Å². The summed E-state index contributed by atoms with van der Waals surface area (Å²) in [6, 6.07) is 5.44. The normalized spacial score (nSPS) is 19.0. The van der Waals surface area contributed by atoms with Gasteiger partial charge in [0.05, 0.1) is 21.3 Å². The summed E-state index contributed by atoms with van der Waals surface area (Å²) in [7, 11) is 0. The Hall–Kier alpha value is -0.480. The summed E-state index contributed by atoms with van der Waals surface area (Å²) in [4.78, 5) is 0. The molecule has 0 bridgehead atoms. The van der Waals surface area contributed by atoms with Crippen LogP contribution in [0.3, 0.4) is 0 Å². The van der Waals surface area contributed by atoms with Gasteiger partial charge >= 0.3 is 0 Å². The van der Waals surface area contributed by atoms with Gasteiger partial charge in [-0.1, -0.05) is 29.3 Å². The zero-order valence-corrected chi connectivity index (χ0v) is 11.0. The molecule has 0 amide bonds. The first kappa shape index (κ1) is 13.0. The number of hydrogen-bond acceptors (Lipinski definition) is 3. The Kier molecular flexibility index (Phi) is 4.15. The fourth-order valence-corrected chi connectivity index (χ4v) is 2.34. The molecule has 0 atom stereocenters. The molecular weight excluding hydrogens is 259 g/mol. The van der Waals surface area contributed by atoms with Gasteiger partial charge in [0.1, 0.15) is 0 Å². The summed E-state index contributed by atoms with van der Waals surface area (Å²) in [6.07, 6.45) is 1.50. The van der Waals surface area contributed by atoms with Crippen molar-refractivity contribution in [3.63, 3.8) is 0 Å². The van der Waals surface area contributed by atoms with Crippen LogP contribution in [0.25, 0.3) is 0 Å². The molecule has 5 heteroatoms. The van der Waals surface area contributed by atoms with Crippen LogP contribution in [-0.4, -0.2) is 30.3 Å².